The second kappa shape index (κ2) is 4.88. The van der Waals surface area contributed by atoms with Crippen LogP contribution in [0.3, 0.4) is 0 Å². The summed E-state index contributed by atoms with van der Waals surface area (Å²) in [4.78, 5) is 26.3. The van der Waals surface area contributed by atoms with Crippen molar-refractivity contribution in [1.82, 2.24) is 9.55 Å². The molecule has 2 aromatic carbocycles. The van der Waals surface area contributed by atoms with E-state index < -0.39 is 5.76 Å². The van der Waals surface area contributed by atoms with Crippen LogP contribution < -0.4 is 11.1 Å². The van der Waals surface area contributed by atoms with Crippen LogP contribution in [-0.2, 0) is 7.05 Å². The molecule has 6 nitrogen and oxygen atoms in total. The molecule has 0 bridgehead atoms. The highest BCUT2D eigenvalue weighted by atomic mass is 16.4. The highest BCUT2D eigenvalue weighted by molar-refractivity contribution is 6.12. The van der Waals surface area contributed by atoms with Crippen molar-refractivity contribution in [2.24, 2.45) is 7.05 Å². The molecular formula is C17H13N3O3. The Morgan fingerprint density at radius 2 is 2.09 bits per heavy atom. The zero-order valence-corrected chi connectivity index (χ0v) is 12.3. The summed E-state index contributed by atoms with van der Waals surface area (Å²) >= 11 is 0. The Balaban J connectivity index is 1.71. The van der Waals surface area contributed by atoms with Crippen molar-refractivity contribution in [1.29, 1.82) is 0 Å². The third-order valence-electron chi connectivity index (χ3n) is 3.85. The first-order valence-electron chi connectivity index (χ1n) is 7.10. The summed E-state index contributed by atoms with van der Waals surface area (Å²) in [5, 5.41) is 3.74. The molecule has 2 N–H and O–H groups in total. The number of fused-ring (bicyclic) bond motifs is 2. The molecule has 4 aromatic rings. The van der Waals surface area contributed by atoms with Gasteiger partial charge in [0.25, 0.3) is 5.91 Å². The average molecular weight is 307 g/mol. The lowest BCUT2D eigenvalue weighted by molar-refractivity contribution is 0.102. The number of nitrogens with zero attached hydrogens (tertiary/aromatic N) is 1. The normalized spacial score (nSPS) is 11.2. The zero-order chi connectivity index (χ0) is 16.0. The number of hydrogen-bond acceptors (Lipinski definition) is 3. The van der Waals surface area contributed by atoms with Crippen molar-refractivity contribution >= 4 is 33.6 Å². The van der Waals surface area contributed by atoms with Crippen molar-refractivity contribution in [3.63, 3.8) is 0 Å². The fourth-order valence-corrected chi connectivity index (χ4v) is 2.73. The largest absolute Gasteiger partial charge is 0.417 e. The third-order valence-corrected chi connectivity index (χ3v) is 3.85. The van der Waals surface area contributed by atoms with E-state index in [1.54, 1.807) is 24.3 Å². The van der Waals surface area contributed by atoms with E-state index in [1.165, 1.54) is 0 Å². The van der Waals surface area contributed by atoms with Gasteiger partial charge in [-0.15, -0.1) is 0 Å². The van der Waals surface area contributed by atoms with E-state index in [0.29, 0.717) is 22.4 Å². The number of hydrogen-bond donors (Lipinski definition) is 2. The van der Waals surface area contributed by atoms with Gasteiger partial charge in [-0.05, 0) is 36.4 Å². The van der Waals surface area contributed by atoms with Gasteiger partial charge >= 0.3 is 5.76 Å². The van der Waals surface area contributed by atoms with E-state index in [-0.39, 0.29) is 5.91 Å². The number of aromatic nitrogens is 2. The van der Waals surface area contributed by atoms with Gasteiger partial charge in [-0.25, -0.2) is 4.79 Å². The van der Waals surface area contributed by atoms with E-state index in [4.69, 9.17) is 4.42 Å². The molecule has 0 radical (unpaired) electrons. The van der Waals surface area contributed by atoms with Gasteiger partial charge in [0.05, 0.1) is 5.52 Å². The molecule has 6 heteroatoms. The minimum atomic E-state index is -0.516. The summed E-state index contributed by atoms with van der Waals surface area (Å²) < 4.78 is 6.91. The molecule has 0 saturated carbocycles. The van der Waals surface area contributed by atoms with Crippen LogP contribution in [0.1, 0.15) is 10.4 Å². The van der Waals surface area contributed by atoms with Crippen LogP contribution in [0.25, 0.3) is 22.0 Å². The molecule has 0 atom stereocenters. The molecule has 0 aliphatic rings. The second-order valence-electron chi connectivity index (χ2n) is 5.34. The van der Waals surface area contributed by atoms with Crippen molar-refractivity contribution in [3.8, 4) is 0 Å². The summed E-state index contributed by atoms with van der Waals surface area (Å²) in [6, 6.07) is 12.5. The standard InChI is InChI=1S/C17H13N3O3/c1-20-8-7-11-12(3-2-4-14(11)20)16(21)18-10-5-6-15-13(9-10)19-17(22)23-15/h2-9H,1H3,(H,18,21)(H,19,22). The molecule has 2 aromatic heterocycles. The van der Waals surface area contributed by atoms with Crippen LogP contribution in [0.4, 0.5) is 5.69 Å². The fourth-order valence-electron chi connectivity index (χ4n) is 2.73. The summed E-state index contributed by atoms with van der Waals surface area (Å²) in [7, 11) is 1.94. The number of carbonyl (C=O) groups is 1. The Morgan fingerprint density at radius 1 is 1.22 bits per heavy atom. The quantitative estimate of drug-likeness (QED) is 0.597. The van der Waals surface area contributed by atoms with E-state index in [1.807, 2.05) is 36.0 Å². The molecule has 1 amide bonds. The number of nitrogens with one attached hydrogen (secondary N) is 2. The highest BCUT2D eigenvalue weighted by Gasteiger charge is 2.12. The first kappa shape index (κ1) is 13.4. The van der Waals surface area contributed by atoms with E-state index >= 15 is 0 Å². The summed E-state index contributed by atoms with van der Waals surface area (Å²) in [6.07, 6.45) is 1.92. The topological polar surface area (TPSA) is 80.0 Å². The Labute approximate surface area is 130 Å². The number of aryl methyl sites for hydroxylation is 1. The van der Waals surface area contributed by atoms with Crippen LogP contribution in [0, 0.1) is 0 Å². The van der Waals surface area contributed by atoms with Crippen molar-refractivity contribution in [2.45, 2.75) is 0 Å². The Bertz CT molecular complexity index is 1100. The van der Waals surface area contributed by atoms with Gasteiger partial charge in [-0.2, -0.15) is 0 Å². The monoisotopic (exact) mass is 307 g/mol. The number of anilines is 1. The van der Waals surface area contributed by atoms with Gasteiger partial charge in [0.15, 0.2) is 5.58 Å². The average Bonchev–Trinajstić information content (AvgIpc) is 3.09. The molecular weight excluding hydrogens is 294 g/mol. The van der Waals surface area contributed by atoms with Crippen molar-refractivity contribution in [3.05, 3.63) is 64.8 Å². The Kier molecular flexibility index (Phi) is 2.84. The van der Waals surface area contributed by atoms with Crippen LogP contribution >= 0.6 is 0 Å². The van der Waals surface area contributed by atoms with Crippen LogP contribution in [0.2, 0.25) is 0 Å². The van der Waals surface area contributed by atoms with Gasteiger partial charge < -0.3 is 14.3 Å². The van der Waals surface area contributed by atoms with Crippen molar-refractivity contribution < 1.29 is 9.21 Å². The molecule has 23 heavy (non-hydrogen) atoms. The van der Waals surface area contributed by atoms with E-state index in [9.17, 15) is 9.59 Å². The summed E-state index contributed by atoms with van der Waals surface area (Å²) in [5.41, 5.74) is 3.19. The van der Waals surface area contributed by atoms with Gasteiger partial charge in [-0.3, -0.25) is 9.78 Å². The SMILES string of the molecule is Cn1ccc2c(C(=O)Nc3ccc4oc(=O)[nH]c4c3)cccc21. The number of benzene rings is 2. The van der Waals surface area contributed by atoms with Crippen LogP contribution in [0.15, 0.2) is 57.9 Å². The van der Waals surface area contributed by atoms with Gasteiger partial charge in [0.1, 0.15) is 0 Å². The lowest BCUT2D eigenvalue weighted by atomic mass is 10.1. The summed E-state index contributed by atoms with van der Waals surface area (Å²) in [6.45, 7) is 0. The minimum Gasteiger partial charge on any atom is -0.408 e. The van der Waals surface area contributed by atoms with E-state index in [2.05, 4.69) is 10.3 Å². The summed E-state index contributed by atoms with van der Waals surface area (Å²) in [5.74, 6) is -0.718. The first-order valence-corrected chi connectivity index (χ1v) is 7.10. The lowest BCUT2D eigenvalue weighted by Crippen LogP contribution is -2.12. The molecule has 114 valence electrons. The van der Waals surface area contributed by atoms with Gasteiger partial charge in [0, 0.05) is 35.4 Å². The smallest absolute Gasteiger partial charge is 0.408 e. The predicted octanol–water partition coefficient (Wildman–Crippen LogP) is 2.87. The minimum absolute atomic E-state index is 0.202. The van der Waals surface area contributed by atoms with Gasteiger partial charge in [-0.1, -0.05) is 6.07 Å². The molecule has 0 spiro atoms. The third kappa shape index (κ3) is 2.20. The number of H-pyrrole nitrogens is 1. The number of rotatable bonds is 2. The number of carbonyl (C=O) groups excluding carboxylic acids is 1. The zero-order valence-electron chi connectivity index (χ0n) is 12.3. The van der Waals surface area contributed by atoms with Gasteiger partial charge in [0.2, 0.25) is 0 Å². The van der Waals surface area contributed by atoms with E-state index in [0.717, 1.165) is 10.9 Å². The maximum Gasteiger partial charge on any atom is 0.417 e. The Morgan fingerprint density at radius 3 is 2.96 bits per heavy atom. The van der Waals surface area contributed by atoms with Crippen molar-refractivity contribution in [2.75, 3.05) is 5.32 Å². The predicted molar refractivity (Wildman–Crippen MR) is 87.7 cm³/mol. The van der Waals surface area contributed by atoms with Crippen LogP contribution in [0.5, 0.6) is 0 Å². The second-order valence-corrected chi connectivity index (χ2v) is 5.34. The number of oxazole rings is 1. The van der Waals surface area contributed by atoms with Crippen LogP contribution in [-0.4, -0.2) is 15.5 Å². The Hall–Kier alpha value is -3.28. The molecule has 0 aliphatic carbocycles. The highest BCUT2D eigenvalue weighted by Crippen LogP contribution is 2.22. The molecule has 0 fully saturated rings. The lowest BCUT2D eigenvalue weighted by Gasteiger charge is -2.07. The molecule has 0 unspecified atom stereocenters. The molecule has 0 saturated heterocycles. The maximum absolute atomic E-state index is 12.6. The number of amides is 1. The maximum atomic E-state index is 12.6. The molecule has 0 aliphatic heterocycles. The first-order chi connectivity index (χ1) is 11.1. The number of aromatic amines is 1. The fraction of sp³-hybridized carbons (Fsp3) is 0.0588. The molecule has 2 heterocycles. The molecule has 4 rings (SSSR count).